The largest absolute Gasteiger partial charge is 0.396 e. The Morgan fingerprint density at radius 3 is 2.76 bits per heavy atom. The van der Waals surface area contributed by atoms with Crippen molar-refractivity contribution in [3.05, 3.63) is 59.9 Å². The van der Waals surface area contributed by atoms with Crippen LogP contribution in [0.5, 0.6) is 0 Å². The predicted octanol–water partition coefficient (Wildman–Crippen LogP) is 4.44. The molecule has 0 amide bonds. The molecule has 0 unspecified atom stereocenters. The van der Waals surface area contributed by atoms with Gasteiger partial charge >= 0.3 is 6.18 Å². The first-order valence-corrected chi connectivity index (χ1v) is 12.5. The summed E-state index contributed by atoms with van der Waals surface area (Å²) in [5.41, 5.74) is 3.91. The summed E-state index contributed by atoms with van der Waals surface area (Å²) in [5, 5.41) is 4.09. The molecular weight excluding hydrogens is 483 g/mol. The normalized spacial score (nSPS) is 15.6. The van der Waals surface area contributed by atoms with Crippen LogP contribution >= 0.6 is 0 Å². The molecule has 3 aromatic rings. The third kappa shape index (κ3) is 8.13. The Morgan fingerprint density at radius 1 is 1.16 bits per heavy atom. The highest BCUT2D eigenvalue weighted by Crippen LogP contribution is 2.24. The first-order valence-electron chi connectivity index (χ1n) is 12.5. The summed E-state index contributed by atoms with van der Waals surface area (Å²) in [6.07, 6.45) is 0.252. The zero-order valence-corrected chi connectivity index (χ0v) is 21.0. The van der Waals surface area contributed by atoms with Gasteiger partial charge in [0.2, 0.25) is 0 Å². The molecule has 1 aliphatic heterocycles. The van der Waals surface area contributed by atoms with Crippen molar-refractivity contribution in [3.63, 3.8) is 0 Å². The molecule has 1 aromatic carbocycles. The Labute approximate surface area is 214 Å². The number of likely N-dealkylation sites (N-methyl/N-ethyl adjacent to an activating group) is 1. The van der Waals surface area contributed by atoms with Crippen LogP contribution < -0.4 is 0 Å². The average Bonchev–Trinajstić information content (AvgIpc) is 3.29. The summed E-state index contributed by atoms with van der Waals surface area (Å²) >= 11 is 0. The second-order valence-corrected chi connectivity index (χ2v) is 9.43. The number of carbonyl (C=O) groups excluding carboxylic acids is 1. The van der Waals surface area contributed by atoms with Crippen LogP contribution in [-0.2, 0) is 16.1 Å². The van der Waals surface area contributed by atoms with E-state index in [1.807, 2.05) is 34.9 Å². The number of benzene rings is 1. The second-order valence-electron chi connectivity index (χ2n) is 9.43. The van der Waals surface area contributed by atoms with Crippen LogP contribution in [0.1, 0.15) is 30.4 Å². The summed E-state index contributed by atoms with van der Waals surface area (Å²) in [4.78, 5) is 26.7. The molecule has 1 fully saturated rings. The second kappa shape index (κ2) is 12.3. The Bertz CT molecular complexity index is 1220. The number of carbonyl (C=O) groups is 1. The Hall–Kier alpha value is -3.24. The standard InChI is InChI=1S/C27H32F3N5O2/c1-33-11-13-34(14-12-33)9-3-15-37-32-19-22-7-10-35-25(20-31-26(35)18-22)23-5-2-4-21(16-23)17-24(36)6-8-27(28,29)30/h2,4-5,7,10,16,18-20H,3,6,8-9,11-15,17H2,1H3. The van der Waals surface area contributed by atoms with Crippen molar-refractivity contribution in [3.8, 4) is 11.3 Å². The lowest BCUT2D eigenvalue weighted by molar-refractivity contribution is -0.143. The first kappa shape index (κ1) is 26.8. The molecule has 0 N–H and O–H groups in total. The summed E-state index contributed by atoms with van der Waals surface area (Å²) in [6, 6.07) is 11.0. The van der Waals surface area contributed by atoms with Crippen molar-refractivity contribution < 1.29 is 22.8 Å². The molecule has 0 spiro atoms. The molecule has 1 aliphatic rings. The fraction of sp³-hybridized carbons (Fsp3) is 0.444. The Kier molecular flexibility index (Phi) is 8.94. The van der Waals surface area contributed by atoms with E-state index in [4.69, 9.17) is 4.84 Å². The number of ketones is 1. The van der Waals surface area contributed by atoms with Gasteiger partial charge in [-0.2, -0.15) is 13.2 Å². The van der Waals surface area contributed by atoms with Crippen molar-refractivity contribution >= 4 is 17.6 Å². The summed E-state index contributed by atoms with van der Waals surface area (Å²) in [7, 11) is 2.15. The van der Waals surface area contributed by atoms with Crippen LogP contribution in [0.4, 0.5) is 13.2 Å². The lowest BCUT2D eigenvalue weighted by Crippen LogP contribution is -2.44. The number of alkyl halides is 3. The minimum atomic E-state index is -4.33. The number of pyridine rings is 1. The Morgan fingerprint density at radius 2 is 1.97 bits per heavy atom. The number of oxime groups is 1. The van der Waals surface area contributed by atoms with E-state index in [2.05, 4.69) is 27.0 Å². The van der Waals surface area contributed by atoms with Gasteiger partial charge in [-0.1, -0.05) is 23.4 Å². The molecule has 10 heteroatoms. The molecule has 1 saturated heterocycles. The SMILES string of the molecule is CN1CCN(CCCON=Cc2ccn3c(-c4cccc(CC(=O)CCC(F)(F)F)c4)cnc3c2)CC1. The van der Waals surface area contributed by atoms with E-state index >= 15 is 0 Å². The van der Waals surface area contributed by atoms with Crippen molar-refractivity contribution in [2.45, 2.75) is 31.9 Å². The summed E-state index contributed by atoms with van der Waals surface area (Å²) < 4.78 is 39.1. The van der Waals surface area contributed by atoms with E-state index in [-0.39, 0.29) is 6.42 Å². The highest BCUT2D eigenvalue weighted by Gasteiger charge is 2.27. The van der Waals surface area contributed by atoms with Crippen molar-refractivity contribution in [2.75, 3.05) is 46.4 Å². The van der Waals surface area contributed by atoms with Gasteiger partial charge < -0.3 is 14.6 Å². The number of halogens is 3. The van der Waals surface area contributed by atoms with Crippen LogP contribution in [0, 0.1) is 0 Å². The molecule has 0 atom stereocenters. The smallest absolute Gasteiger partial charge is 0.389 e. The van der Waals surface area contributed by atoms with E-state index in [9.17, 15) is 18.0 Å². The van der Waals surface area contributed by atoms with Gasteiger partial charge in [-0.15, -0.1) is 0 Å². The van der Waals surface area contributed by atoms with Gasteiger partial charge in [0.15, 0.2) is 0 Å². The monoisotopic (exact) mass is 515 g/mol. The molecule has 4 rings (SSSR count). The minimum Gasteiger partial charge on any atom is -0.396 e. The van der Waals surface area contributed by atoms with Crippen LogP contribution in [0.25, 0.3) is 16.9 Å². The maximum Gasteiger partial charge on any atom is 0.389 e. The third-order valence-corrected chi connectivity index (χ3v) is 6.43. The van der Waals surface area contributed by atoms with Gasteiger partial charge in [-0.05, 0) is 37.2 Å². The molecule has 198 valence electrons. The topological polar surface area (TPSA) is 62.4 Å². The van der Waals surface area contributed by atoms with Gasteiger partial charge in [-0.3, -0.25) is 9.20 Å². The lowest BCUT2D eigenvalue weighted by Gasteiger charge is -2.32. The zero-order chi connectivity index (χ0) is 26.3. The highest BCUT2D eigenvalue weighted by molar-refractivity contribution is 5.82. The van der Waals surface area contributed by atoms with E-state index in [0.717, 1.165) is 61.6 Å². The summed E-state index contributed by atoms with van der Waals surface area (Å²) in [5.74, 6) is -0.432. The van der Waals surface area contributed by atoms with Crippen molar-refractivity contribution in [1.82, 2.24) is 19.2 Å². The van der Waals surface area contributed by atoms with Crippen LogP contribution in [0.15, 0.2) is 53.9 Å². The lowest BCUT2D eigenvalue weighted by atomic mass is 10.0. The molecule has 3 heterocycles. The highest BCUT2D eigenvalue weighted by atomic mass is 19.4. The van der Waals surface area contributed by atoms with Crippen LogP contribution in [0.3, 0.4) is 0 Å². The molecule has 0 aliphatic carbocycles. The van der Waals surface area contributed by atoms with E-state index in [0.29, 0.717) is 12.2 Å². The molecule has 0 radical (unpaired) electrons. The predicted molar refractivity (Wildman–Crippen MR) is 137 cm³/mol. The number of imidazole rings is 1. The first-order chi connectivity index (χ1) is 17.8. The molecule has 2 aromatic heterocycles. The average molecular weight is 516 g/mol. The molecule has 0 saturated carbocycles. The van der Waals surface area contributed by atoms with E-state index in [1.54, 1.807) is 24.5 Å². The van der Waals surface area contributed by atoms with Gasteiger partial charge in [0.1, 0.15) is 18.0 Å². The van der Waals surface area contributed by atoms with E-state index < -0.39 is 24.8 Å². The van der Waals surface area contributed by atoms with Crippen molar-refractivity contribution in [1.29, 1.82) is 0 Å². The fourth-order valence-corrected chi connectivity index (χ4v) is 4.30. The van der Waals surface area contributed by atoms with Crippen LogP contribution in [0.2, 0.25) is 0 Å². The molecular formula is C27H32F3N5O2. The number of fused-ring (bicyclic) bond motifs is 1. The van der Waals surface area contributed by atoms with Gasteiger partial charge in [0, 0.05) is 62.9 Å². The number of hydrogen-bond acceptors (Lipinski definition) is 6. The fourth-order valence-electron chi connectivity index (χ4n) is 4.30. The van der Waals surface area contributed by atoms with Gasteiger partial charge in [-0.25, -0.2) is 4.98 Å². The number of piperazine rings is 1. The Balaban J connectivity index is 1.31. The molecule has 0 bridgehead atoms. The number of aromatic nitrogens is 2. The molecule has 37 heavy (non-hydrogen) atoms. The zero-order valence-electron chi connectivity index (χ0n) is 21.0. The number of rotatable bonds is 11. The molecule has 7 nitrogen and oxygen atoms in total. The maximum atomic E-state index is 12.4. The van der Waals surface area contributed by atoms with Gasteiger partial charge in [0.05, 0.1) is 24.5 Å². The number of nitrogens with zero attached hydrogens (tertiary/aromatic N) is 5. The number of Topliss-reactive ketones (excluding diaryl/α,β-unsaturated/α-hetero) is 1. The third-order valence-electron chi connectivity index (χ3n) is 6.43. The number of hydrogen-bond donors (Lipinski definition) is 0. The maximum absolute atomic E-state index is 12.4. The van der Waals surface area contributed by atoms with Crippen LogP contribution in [-0.4, -0.2) is 83.7 Å². The van der Waals surface area contributed by atoms with Crippen molar-refractivity contribution in [2.24, 2.45) is 5.16 Å². The quantitative estimate of drug-likeness (QED) is 0.215. The van der Waals surface area contributed by atoms with Gasteiger partial charge in [0.25, 0.3) is 0 Å². The van der Waals surface area contributed by atoms with E-state index in [1.165, 1.54) is 0 Å². The summed E-state index contributed by atoms with van der Waals surface area (Å²) in [6.45, 7) is 5.97. The minimum absolute atomic E-state index is 0.0311.